The van der Waals surface area contributed by atoms with E-state index in [4.69, 9.17) is 11.5 Å². The van der Waals surface area contributed by atoms with E-state index in [9.17, 15) is 13.2 Å². The fourth-order valence-corrected chi connectivity index (χ4v) is 4.14. The SMILES string of the molecule is CC1CCCN(S(=O)(=O)c2ccc(C(N)=O)cc2N)CC1. The molecule has 0 saturated carbocycles. The molecule has 0 bridgehead atoms. The molecular weight excluding hydrogens is 290 g/mol. The molecule has 0 aliphatic carbocycles. The molecule has 1 heterocycles. The lowest BCUT2D eigenvalue weighted by molar-refractivity contribution is 0.1000. The molecule has 1 unspecified atom stereocenters. The van der Waals surface area contributed by atoms with Gasteiger partial charge in [-0.05, 0) is 43.4 Å². The molecule has 4 N–H and O–H groups in total. The second-order valence-electron chi connectivity index (χ2n) is 5.56. The van der Waals surface area contributed by atoms with E-state index in [1.807, 2.05) is 0 Å². The van der Waals surface area contributed by atoms with Gasteiger partial charge in [-0.25, -0.2) is 8.42 Å². The molecule has 1 amide bonds. The fraction of sp³-hybridized carbons (Fsp3) is 0.500. The van der Waals surface area contributed by atoms with Crippen molar-refractivity contribution in [3.8, 4) is 0 Å². The van der Waals surface area contributed by atoms with E-state index < -0.39 is 15.9 Å². The van der Waals surface area contributed by atoms with Crippen LogP contribution in [-0.2, 0) is 10.0 Å². The number of anilines is 1. The Balaban J connectivity index is 2.33. The third-order valence-corrected chi connectivity index (χ3v) is 5.86. The summed E-state index contributed by atoms with van der Waals surface area (Å²) >= 11 is 0. The first-order valence-electron chi connectivity index (χ1n) is 7.02. The lowest BCUT2D eigenvalue weighted by atomic mass is 10.0. The third-order valence-electron chi connectivity index (χ3n) is 3.89. The lowest BCUT2D eigenvalue weighted by Crippen LogP contribution is -2.32. The summed E-state index contributed by atoms with van der Waals surface area (Å²) in [7, 11) is -3.63. The number of hydrogen-bond acceptors (Lipinski definition) is 4. The number of sulfonamides is 1. The van der Waals surface area contributed by atoms with Gasteiger partial charge in [0.1, 0.15) is 4.90 Å². The molecule has 1 aliphatic heterocycles. The Morgan fingerprint density at radius 2 is 2.00 bits per heavy atom. The van der Waals surface area contributed by atoms with Crippen LogP contribution in [0.25, 0.3) is 0 Å². The van der Waals surface area contributed by atoms with Crippen LogP contribution in [0.15, 0.2) is 23.1 Å². The Kier molecular flexibility index (Phi) is 4.53. The average Bonchev–Trinajstić information content (AvgIpc) is 2.63. The van der Waals surface area contributed by atoms with Crippen molar-refractivity contribution in [3.63, 3.8) is 0 Å². The summed E-state index contributed by atoms with van der Waals surface area (Å²) in [5, 5.41) is 0. The van der Waals surface area contributed by atoms with Gasteiger partial charge in [0.2, 0.25) is 15.9 Å². The standard InChI is InChI=1S/C14H21N3O3S/c1-10-3-2-7-17(8-6-10)21(19,20)13-5-4-11(14(16)18)9-12(13)15/h4-5,9-10H,2-3,6-8,15H2,1H3,(H2,16,18). The smallest absolute Gasteiger partial charge is 0.248 e. The van der Waals surface area contributed by atoms with Crippen LogP contribution in [0.4, 0.5) is 5.69 Å². The first kappa shape index (κ1) is 15.8. The molecule has 0 radical (unpaired) electrons. The minimum atomic E-state index is -3.63. The topological polar surface area (TPSA) is 106 Å². The molecule has 7 heteroatoms. The molecule has 2 rings (SSSR count). The zero-order chi connectivity index (χ0) is 15.6. The summed E-state index contributed by atoms with van der Waals surface area (Å²) in [6, 6.07) is 4.07. The van der Waals surface area contributed by atoms with Crippen molar-refractivity contribution in [1.29, 1.82) is 0 Å². The Morgan fingerprint density at radius 1 is 1.29 bits per heavy atom. The highest BCUT2D eigenvalue weighted by atomic mass is 32.2. The number of hydrogen-bond donors (Lipinski definition) is 2. The highest BCUT2D eigenvalue weighted by Crippen LogP contribution is 2.26. The second-order valence-corrected chi connectivity index (χ2v) is 7.46. The van der Waals surface area contributed by atoms with Gasteiger partial charge >= 0.3 is 0 Å². The van der Waals surface area contributed by atoms with E-state index in [-0.39, 0.29) is 16.1 Å². The van der Waals surface area contributed by atoms with Crippen molar-refractivity contribution >= 4 is 21.6 Å². The van der Waals surface area contributed by atoms with Gasteiger partial charge in [-0.3, -0.25) is 4.79 Å². The molecule has 116 valence electrons. The van der Waals surface area contributed by atoms with Crippen molar-refractivity contribution in [2.24, 2.45) is 11.7 Å². The molecular formula is C14H21N3O3S. The zero-order valence-corrected chi connectivity index (χ0v) is 12.9. The quantitative estimate of drug-likeness (QED) is 0.817. The number of carbonyl (C=O) groups is 1. The Hall–Kier alpha value is -1.60. The van der Waals surface area contributed by atoms with Crippen LogP contribution in [0.2, 0.25) is 0 Å². The van der Waals surface area contributed by atoms with E-state index in [0.717, 1.165) is 19.3 Å². The zero-order valence-electron chi connectivity index (χ0n) is 12.1. The van der Waals surface area contributed by atoms with E-state index in [1.54, 1.807) is 0 Å². The average molecular weight is 311 g/mol. The largest absolute Gasteiger partial charge is 0.398 e. The van der Waals surface area contributed by atoms with Crippen LogP contribution < -0.4 is 11.5 Å². The van der Waals surface area contributed by atoms with Crippen LogP contribution >= 0.6 is 0 Å². The first-order chi connectivity index (χ1) is 9.82. The van der Waals surface area contributed by atoms with E-state index in [0.29, 0.717) is 19.0 Å². The molecule has 1 aliphatic rings. The van der Waals surface area contributed by atoms with Crippen molar-refractivity contribution in [3.05, 3.63) is 23.8 Å². The molecule has 1 fully saturated rings. The van der Waals surface area contributed by atoms with Gasteiger partial charge in [0, 0.05) is 18.7 Å². The van der Waals surface area contributed by atoms with Gasteiger partial charge in [0.25, 0.3) is 0 Å². The minimum Gasteiger partial charge on any atom is -0.398 e. The maximum absolute atomic E-state index is 12.7. The van der Waals surface area contributed by atoms with Crippen LogP contribution in [0.1, 0.15) is 36.5 Å². The molecule has 1 saturated heterocycles. The molecule has 21 heavy (non-hydrogen) atoms. The molecule has 0 aromatic heterocycles. The molecule has 6 nitrogen and oxygen atoms in total. The number of nitrogen functional groups attached to an aromatic ring is 1. The van der Waals surface area contributed by atoms with Gasteiger partial charge in [-0.1, -0.05) is 6.92 Å². The van der Waals surface area contributed by atoms with Gasteiger partial charge in [0.15, 0.2) is 0 Å². The number of nitrogens with zero attached hydrogens (tertiary/aromatic N) is 1. The van der Waals surface area contributed by atoms with Crippen molar-refractivity contribution in [1.82, 2.24) is 4.31 Å². The minimum absolute atomic E-state index is 0.0436. The molecule has 0 spiro atoms. The highest BCUT2D eigenvalue weighted by molar-refractivity contribution is 7.89. The van der Waals surface area contributed by atoms with E-state index >= 15 is 0 Å². The number of benzene rings is 1. The van der Waals surface area contributed by atoms with Crippen LogP contribution in [0.5, 0.6) is 0 Å². The summed E-state index contributed by atoms with van der Waals surface area (Å²) in [5.41, 5.74) is 11.2. The lowest BCUT2D eigenvalue weighted by Gasteiger charge is -2.21. The van der Waals surface area contributed by atoms with Crippen molar-refractivity contribution < 1.29 is 13.2 Å². The first-order valence-corrected chi connectivity index (χ1v) is 8.46. The molecule has 1 atom stereocenters. The summed E-state index contributed by atoms with van der Waals surface area (Å²) < 4.78 is 26.8. The maximum atomic E-state index is 12.7. The second kappa shape index (κ2) is 6.03. The number of primary amides is 1. The Labute approximate surface area is 125 Å². The normalized spacial score (nSPS) is 20.9. The number of carbonyl (C=O) groups excluding carboxylic acids is 1. The predicted octanol–water partition coefficient (Wildman–Crippen LogP) is 1.18. The van der Waals surface area contributed by atoms with Crippen LogP contribution in [-0.4, -0.2) is 31.7 Å². The highest BCUT2D eigenvalue weighted by Gasteiger charge is 2.28. The molecule has 1 aromatic carbocycles. The van der Waals surface area contributed by atoms with E-state index in [2.05, 4.69) is 6.92 Å². The van der Waals surface area contributed by atoms with Crippen molar-refractivity contribution in [2.75, 3.05) is 18.8 Å². The fourth-order valence-electron chi connectivity index (χ4n) is 2.55. The number of nitrogens with two attached hydrogens (primary N) is 2. The summed E-state index contributed by atoms with van der Waals surface area (Å²) in [6.45, 7) is 3.14. The summed E-state index contributed by atoms with van der Waals surface area (Å²) in [4.78, 5) is 11.1. The Bertz CT molecular complexity index is 643. The van der Waals surface area contributed by atoms with Crippen LogP contribution in [0.3, 0.4) is 0 Å². The van der Waals surface area contributed by atoms with Gasteiger partial charge in [-0.15, -0.1) is 0 Å². The van der Waals surface area contributed by atoms with Crippen molar-refractivity contribution in [2.45, 2.75) is 31.1 Å². The van der Waals surface area contributed by atoms with Crippen LogP contribution in [0, 0.1) is 5.92 Å². The maximum Gasteiger partial charge on any atom is 0.248 e. The van der Waals surface area contributed by atoms with Gasteiger partial charge < -0.3 is 11.5 Å². The monoisotopic (exact) mass is 311 g/mol. The van der Waals surface area contributed by atoms with Gasteiger partial charge in [0.05, 0.1) is 5.69 Å². The summed E-state index contributed by atoms with van der Waals surface area (Å²) in [5.74, 6) is -0.103. The predicted molar refractivity (Wildman–Crippen MR) is 81.1 cm³/mol. The number of amides is 1. The summed E-state index contributed by atoms with van der Waals surface area (Å²) in [6.07, 6.45) is 2.72. The number of rotatable bonds is 3. The molecule has 1 aromatic rings. The third kappa shape index (κ3) is 3.36. The van der Waals surface area contributed by atoms with E-state index in [1.165, 1.54) is 22.5 Å². The van der Waals surface area contributed by atoms with Gasteiger partial charge in [-0.2, -0.15) is 4.31 Å². The Morgan fingerprint density at radius 3 is 2.62 bits per heavy atom.